The van der Waals surface area contributed by atoms with E-state index in [4.69, 9.17) is 9.16 Å². The highest BCUT2D eigenvalue weighted by atomic mass is 28.4. The van der Waals surface area contributed by atoms with E-state index in [1.807, 2.05) is 43.3 Å². The minimum atomic E-state index is -1.96. The summed E-state index contributed by atoms with van der Waals surface area (Å²) in [6.45, 7) is 6.56. The fourth-order valence-corrected chi connectivity index (χ4v) is 3.92. The van der Waals surface area contributed by atoms with Gasteiger partial charge in [0.25, 0.3) is 0 Å². The number of rotatable bonds is 6. The second-order valence-corrected chi connectivity index (χ2v) is 9.66. The maximum absolute atomic E-state index is 12.0. The molecule has 1 atom stereocenters. The fraction of sp³-hybridized carbons (Fsp3) is 0.278. The molecule has 0 N–H and O–H groups in total. The van der Waals surface area contributed by atoms with Gasteiger partial charge < -0.3 is 9.16 Å². The molecule has 0 aromatic heterocycles. The van der Waals surface area contributed by atoms with E-state index in [1.165, 1.54) is 5.19 Å². The highest BCUT2D eigenvalue weighted by Crippen LogP contribution is 2.09. The van der Waals surface area contributed by atoms with Crippen LogP contribution in [-0.2, 0) is 9.16 Å². The molecule has 116 valence electrons. The van der Waals surface area contributed by atoms with E-state index >= 15 is 0 Å². The maximum Gasteiger partial charge on any atom is 0.338 e. The SMILES string of the molecule is CC(CO[Si](C)(C)c1ccccc1)OC(=O)c1ccccc1. The van der Waals surface area contributed by atoms with Crippen LogP contribution in [0.2, 0.25) is 13.1 Å². The van der Waals surface area contributed by atoms with Crippen molar-refractivity contribution in [3.8, 4) is 0 Å². The lowest BCUT2D eigenvalue weighted by molar-refractivity contribution is 0.0221. The van der Waals surface area contributed by atoms with Crippen LogP contribution in [0.15, 0.2) is 60.7 Å². The van der Waals surface area contributed by atoms with Crippen LogP contribution in [0.1, 0.15) is 17.3 Å². The molecule has 0 aliphatic carbocycles. The van der Waals surface area contributed by atoms with E-state index in [0.717, 1.165) is 0 Å². The molecular weight excluding hydrogens is 292 g/mol. The molecule has 0 heterocycles. The lowest BCUT2D eigenvalue weighted by atomic mass is 10.2. The summed E-state index contributed by atoms with van der Waals surface area (Å²) in [5.41, 5.74) is 0.564. The summed E-state index contributed by atoms with van der Waals surface area (Å²) in [7, 11) is -1.96. The molecule has 2 aromatic carbocycles. The average Bonchev–Trinajstić information content (AvgIpc) is 2.55. The van der Waals surface area contributed by atoms with E-state index in [-0.39, 0.29) is 12.1 Å². The summed E-state index contributed by atoms with van der Waals surface area (Å²) in [6, 6.07) is 19.2. The first-order valence-electron chi connectivity index (χ1n) is 7.44. The molecule has 2 aromatic rings. The van der Waals surface area contributed by atoms with Crippen molar-refractivity contribution < 1.29 is 14.0 Å². The second kappa shape index (κ2) is 7.38. The molecule has 22 heavy (non-hydrogen) atoms. The van der Waals surface area contributed by atoms with Crippen LogP contribution in [0, 0.1) is 0 Å². The minimum absolute atomic E-state index is 0.275. The number of hydrogen-bond acceptors (Lipinski definition) is 3. The van der Waals surface area contributed by atoms with Crippen molar-refractivity contribution >= 4 is 19.5 Å². The standard InChI is InChI=1S/C18H22O3Si/c1-15(21-18(19)16-10-6-4-7-11-16)14-20-22(2,3)17-12-8-5-9-13-17/h4-13,15H,14H2,1-3H3. The van der Waals surface area contributed by atoms with Gasteiger partial charge in [0.2, 0.25) is 8.32 Å². The largest absolute Gasteiger partial charge is 0.457 e. The number of carbonyl (C=O) groups excluding carboxylic acids is 1. The molecule has 2 rings (SSSR count). The summed E-state index contributed by atoms with van der Waals surface area (Å²) in [5.74, 6) is -0.309. The van der Waals surface area contributed by atoms with Gasteiger partial charge in [-0.15, -0.1) is 0 Å². The maximum atomic E-state index is 12.0. The third kappa shape index (κ3) is 4.54. The van der Waals surface area contributed by atoms with Crippen molar-refractivity contribution in [3.63, 3.8) is 0 Å². The van der Waals surface area contributed by atoms with Gasteiger partial charge in [-0.05, 0) is 37.3 Å². The third-order valence-corrected chi connectivity index (χ3v) is 6.08. The number of ether oxygens (including phenoxy) is 1. The zero-order valence-electron chi connectivity index (χ0n) is 13.3. The van der Waals surface area contributed by atoms with Crippen molar-refractivity contribution in [3.05, 3.63) is 66.2 Å². The minimum Gasteiger partial charge on any atom is -0.457 e. The highest BCUT2D eigenvalue weighted by molar-refractivity contribution is 6.84. The number of benzene rings is 2. The van der Waals surface area contributed by atoms with Crippen molar-refractivity contribution in [2.45, 2.75) is 26.1 Å². The first-order valence-corrected chi connectivity index (χ1v) is 10.4. The topological polar surface area (TPSA) is 35.5 Å². The lowest BCUT2D eigenvalue weighted by Crippen LogP contribution is -2.46. The third-order valence-electron chi connectivity index (χ3n) is 3.47. The van der Waals surface area contributed by atoms with Crippen LogP contribution >= 0.6 is 0 Å². The van der Waals surface area contributed by atoms with Gasteiger partial charge in [0.15, 0.2) is 0 Å². The van der Waals surface area contributed by atoms with Gasteiger partial charge in [-0.1, -0.05) is 48.5 Å². The Hall–Kier alpha value is -1.91. The number of carbonyl (C=O) groups is 1. The van der Waals surface area contributed by atoms with E-state index in [1.54, 1.807) is 12.1 Å². The predicted octanol–water partition coefficient (Wildman–Crippen LogP) is 3.36. The second-order valence-electron chi connectivity index (χ2n) is 5.77. The Labute approximate surface area is 133 Å². The van der Waals surface area contributed by atoms with Crippen LogP contribution in [0.5, 0.6) is 0 Å². The molecule has 0 spiro atoms. The summed E-state index contributed by atoms with van der Waals surface area (Å²) >= 11 is 0. The summed E-state index contributed by atoms with van der Waals surface area (Å²) in [4.78, 5) is 12.0. The smallest absolute Gasteiger partial charge is 0.338 e. The average molecular weight is 314 g/mol. The molecule has 3 nitrogen and oxygen atoms in total. The monoisotopic (exact) mass is 314 g/mol. The summed E-state index contributed by atoms with van der Waals surface area (Å²) < 4.78 is 11.5. The molecule has 0 saturated carbocycles. The quantitative estimate of drug-likeness (QED) is 0.606. The van der Waals surface area contributed by atoms with Crippen molar-refractivity contribution in [1.29, 1.82) is 0 Å². The molecular formula is C18H22O3Si. The van der Waals surface area contributed by atoms with Gasteiger partial charge in [0.05, 0.1) is 12.2 Å². The van der Waals surface area contributed by atoms with Crippen LogP contribution < -0.4 is 5.19 Å². The van der Waals surface area contributed by atoms with Gasteiger partial charge >= 0.3 is 5.97 Å². The Morgan fingerprint density at radius 1 is 1.00 bits per heavy atom. The van der Waals surface area contributed by atoms with Crippen LogP contribution in [0.4, 0.5) is 0 Å². The summed E-state index contributed by atoms with van der Waals surface area (Å²) in [6.07, 6.45) is -0.275. The Bertz CT molecular complexity index is 596. The Morgan fingerprint density at radius 2 is 1.55 bits per heavy atom. The van der Waals surface area contributed by atoms with Gasteiger partial charge in [0, 0.05) is 0 Å². The normalized spacial score (nSPS) is 12.7. The summed E-state index contributed by atoms with van der Waals surface area (Å²) in [5, 5.41) is 1.23. The van der Waals surface area contributed by atoms with E-state index < -0.39 is 8.32 Å². The molecule has 0 aliphatic rings. The Kier molecular flexibility index (Phi) is 5.52. The van der Waals surface area contributed by atoms with Crippen LogP contribution in [0.25, 0.3) is 0 Å². The van der Waals surface area contributed by atoms with Gasteiger partial charge in [-0.2, -0.15) is 0 Å². The molecule has 0 bridgehead atoms. The zero-order chi connectivity index (χ0) is 16.0. The van der Waals surface area contributed by atoms with Crippen molar-refractivity contribution in [1.82, 2.24) is 0 Å². The highest BCUT2D eigenvalue weighted by Gasteiger charge is 2.26. The van der Waals surface area contributed by atoms with Crippen molar-refractivity contribution in [2.75, 3.05) is 6.61 Å². The zero-order valence-corrected chi connectivity index (χ0v) is 14.3. The number of esters is 1. The van der Waals surface area contributed by atoms with E-state index in [9.17, 15) is 4.79 Å². The van der Waals surface area contributed by atoms with Gasteiger partial charge in [-0.25, -0.2) is 4.79 Å². The molecule has 0 aliphatic heterocycles. The molecule has 0 fully saturated rings. The first kappa shape index (κ1) is 16.5. The van der Waals surface area contributed by atoms with Crippen LogP contribution in [-0.4, -0.2) is 27.0 Å². The molecule has 1 unspecified atom stereocenters. The Morgan fingerprint density at radius 3 is 2.14 bits per heavy atom. The molecule has 4 heteroatoms. The van der Waals surface area contributed by atoms with E-state index in [2.05, 4.69) is 25.2 Å². The number of hydrogen-bond donors (Lipinski definition) is 0. The predicted molar refractivity (Wildman–Crippen MR) is 90.8 cm³/mol. The van der Waals surface area contributed by atoms with Gasteiger partial charge in [-0.3, -0.25) is 0 Å². The molecule has 0 radical (unpaired) electrons. The first-order chi connectivity index (χ1) is 10.5. The molecule has 0 saturated heterocycles. The van der Waals surface area contributed by atoms with Gasteiger partial charge in [0.1, 0.15) is 6.10 Å². The molecule has 0 amide bonds. The lowest BCUT2D eigenvalue weighted by Gasteiger charge is -2.25. The van der Waals surface area contributed by atoms with Crippen LogP contribution in [0.3, 0.4) is 0 Å². The Balaban J connectivity index is 1.87. The van der Waals surface area contributed by atoms with Crippen molar-refractivity contribution in [2.24, 2.45) is 0 Å². The van der Waals surface area contributed by atoms with E-state index in [0.29, 0.717) is 12.2 Å². The fourth-order valence-electron chi connectivity index (χ4n) is 2.11.